The van der Waals surface area contributed by atoms with Crippen molar-refractivity contribution in [3.63, 3.8) is 0 Å². The first-order valence-corrected chi connectivity index (χ1v) is 9.66. The first-order chi connectivity index (χ1) is 12.5. The number of morpholine rings is 1. The lowest BCUT2D eigenvalue weighted by Gasteiger charge is -2.34. The molecule has 2 aliphatic heterocycles. The fourth-order valence-electron chi connectivity index (χ4n) is 3.61. The van der Waals surface area contributed by atoms with E-state index in [1.165, 1.54) is 0 Å². The summed E-state index contributed by atoms with van der Waals surface area (Å²) in [5, 5.41) is 0. The summed E-state index contributed by atoms with van der Waals surface area (Å²) in [7, 11) is 0. The van der Waals surface area contributed by atoms with Crippen LogP contribution in [0.15, 0.2) is 6.20 Å². The molecule has 0 unspecified atom stereocenters. The average molecular weight is 362 g/mol. The monoisotopic (exact) mass is 362 g/mol. The number of aromatic nitrogens is 2. The molecule has 1 aromatic heterocycles. The van der Waals surface area contributed by atoms with Crippen LogP contribution in [-0.4, -0.2) is 64.0 Å². The number of hydrogen-bond acceptors (Lipinski definition) is 4. The van der Waals surface area contributed by atoms with E-state index in [9.17, 15) is 9.59 Å². The number of rotatable bonds is 5. The highest BCUT2D eigenvalue weighted by molar-refractivity contribution is 5.78. The molecule has 2 aliphatic rings. The van der Waals surface area contributed by atoms with E-state index in [-0.39, 0.29) is 17.9 Å². The second-order valence-corrected chi connectivity index (χ2v) is 7.65. The second-order valence-electron chi connectivity index (χ2n) is 7.65. The molecule has 0 spiro atoms. The lowest BCUT2D eigenvalue weighted by atomic mass is 10.1. The van der Waals surface area contributed by atoms with Crippen LogP contribution in [0, 0.1) is 5.92 Å². The van der Waals surface area contributed by atoms with Gasteiger partial charge in [0, 0.05) is 38.8 Å². The van der Waals surface area contributed by atoms with Gasteiger partial charge >= 0.3 is 0 Å². The van der Waals surface area contributed by atoms with Gasteiger partial charge in [0.05, 0.1) is 31.4 Å². The molecule has 2 amide bonds. The second kappa shape index (κ2) is 8.20. The average Bonchev–Trinajstić information content (AvgIpc) is 3.04. The van der Waals surface area contributed by atoms with E-state index in [4.69, 9.17) is 4.74 Å². The van der Waals surface area contributed by atoms with Crippen molar-refractivity contribution in [3.05, 3.63) is 17.7 Å². The van der Waals surface area contributed by atoms with Gasteiger partial charge in [-0.25, -0.2) is 4.98 Å². The smallest absolute Gasteiger partial charge is 0.228 e. The quantitative estimate of drug-likeness (QED) is 0.798. The van der Waals surface area contributed by atoms with Crippen LogP contribution in [0.2, 0.25) is 0 Å². The van der Waals surface area contributed by atoms with Crippen molar-refractivity contribution in [3.8, 4) is 0 Å². The Morgan fingerprint density at radius 1 is 1.19 bits per heavy atom. The van der Waals surface area contributed by atoms with E-state index in [0.717, 1.165) is 24.5 Å². The SMILES string of the molecule is CC(C)CCC(=O)N1CCn2cc(CC(=O)N3CCOCC3)nc2[C@H]1C. The van der Waals surface area contributed by atoms with E-state index in [0.29, 0.717) is 51.6 Å². The van der Waals surface area contributed by atoms with Crippen molar-refractivity contribution in [1.29, 1.82) is 0 Å². The molecular weight excluding hydrogens is 332 g/mol. The van der Waals surface area contributed by atoms with Crippen LogP contribution in [0.5, 0.6) is 0 Å². The predicted molar refractivity (Wildman–Crippen MR) is 97.5 cm³/mol. The zero-order valence-corrected chi connectivity index (χ0v) is 16.1. The summed E-state index contributed by atoms with van der Waals surface area (Å²) in [6.45, 7) is 10.3. The molecule has 0 radical (unpaired) electrons. The zero-order chi connectivity index (χ0) is 18.7. The first kappa shape index (κ1) is 18.9. The molecule has 7 heteroatoms. The lowest BCUT2D eigenvalue weighted by Crippen LogP contribution is -2.41. The summed E-state index contributed by atoms with van der Waals surface area (Å²) >= 11 is 0. The van der Waals surface area contributed by atoms with E-state index in [2.05, 4.69) is 23.4 Å². The van der Waals surface area contributed by atoms with Crippen LogP contribution in [0.3, 0.4) is 0 Å². The number of ether oxygens (including phenoxy) is 1. The number of hydrogen-bond donors (Lipinski definition) is 0. The Kier molecular flexibility index (Phi) is 5.96. The summed E-state index contributed by atoms with van der Waals surface area (Å²) in [6, 6.07) is -0.0457. The Morgan fingerprint density at radius 2 is 1.92 bits per heavy atom. The number of imidazole rings is 1. The molecule has 1 atom stereocenters. The highest BCUT2D eigenvalue weighted by atomic mass is 16.5. The van der Waals surface area contributed by atoms with E-state index in [1.54, 1.807) is 0 Å². The molecule has 1 fully saturated rings. The van der Waals surface area contributed by atoms with Gasteiger partial charge < -0.3 is 19.1 Å². The normalized spacial score (nSPS) is 20.4. The molecule has 0 saturated carbocycles. The number of fused-ring (bicyclic) bond motifs is 1. The molecule has 1 saturated heterocycles. The number of carbonyl (C=O) groups excluding carboxylic acids is 2. The van der Waals surface area contributed by atoms with Crippen molar-refractivity contribution in [2.75, 3.05) is 32.8 Å². The van der Waals surface area contributed by atoms with Crippen LogP contribution < -0.4 is 0 Å². The van der Waals surface area contributed by atoms with Gasteiger partial charge in [-0.3, -0.25) is 9.59 Å². The van der Waals surface area contributed by atoms with Crippen LogP contribution in [-0.2, 0) is 27.3 Å². The maximum Gasteiger partial charge on any atom is 0.228 e. The third-order valence-corrected chi connectivity index (χ3v) is 5.23. The maximum atomic E-state index is 12.5. The molecule has 26 heavy (non-hydrogen) atoms. The van der Waals surface area contributed by atoms with Gasteiger partial charge in [0.1, 0.15) is 5.82 Å². The number of carbonyl (C=O) groups is 2. The van der Waals surface area contributed by atoms with Gasteiger partial charge in [-0.2, -0.15) is 0 Å². The van der Waals surface area contributed by atoms with E-state index < -0.39 is 0 Å². The van der Waals surface area contributed by atoms with Crippen LogP contribution in [0.25, 0.3) is 0 Å². The molecule has 0 N–H and O–H groups in total. The molecule has 3 heterocycles. The maximum absolute atomic E-state index is 12.5. The van der Waals surface area contributed by atoms with Crippen molar-refractivity contribution >= 4 is 11.8 Å². The highest BCUT2D eigenvalue weighted by Gasteiger charge is 2.30. The standard InChI is InChI=1S/C19H30N4O3/c1-14(2)4-5-17(24)23-7-6-22-13-16(20-19(22)15(23)3)12-18(25)21-8-10-26-11-9-21/h13-15H,4-12H2,1-3H3/t15-/m1/s1. The van der Waals surface area contributed by atoms with Crippen molar-refractivity contribution in [1.82, 2.24) is 19.4 Å². The molecule has 0 aromatic carbocycles. The van der Waals surface area contributed by atoms with Gasteiger partial charge in [-0.05, 0) is 19.3 Å². The zero-order valence-electron chi connectivity index (χ0n) is 16.1. The minimum Gasteiger partial charge on any atom is -0.378 e. The summed E-state index contributed by atoms with van der Waals surface area (Å²) in [5.41, 5.74) is 0.792. The molecule has 1 aromatic rings. The summed E-state index contributed by atoms with van der Waals surface area (Å²) in [5.74, 6) is 1.71. The fraction of sp³-hybridized carbons (Fsp3) is 0.737. The lowest BCUT2D eigenvalue weighted by molar-refractivity contribution is -0.135. The van der Waals surface area contributed by atoms with Gasteiger partial charge in [0.25, 0.3) is 0 Å². The fourth-order valence-corrected chi connectivity index (χ4v) is 3.61. The van der Waals surface area contributed by atoms with Crippen molar-refractivity contribution in [2.24, 2.45) is 5.92 Å². The molecule has 0 bridgehead atoms. The van der Waals surface area contributed by atoms with Gasteiger partial charge in [0.2, 0.25) is 11.8 Å². The Morgan fingerprint density at radius 3 is 2.62 bits per heavy atom. The van der Waals surface area contributed by atoms with Crippen LogP contribution in [0.4, 0.5) is 0 Å². The van der Waals surface area contributed by atoms with Crippen LogP contribution >= 0.6 is 0 Å². The third kappa shape index (κ3) is 4.26. The van der Waals surface area contributed by atoms with E-state index >= 15 is 0 Å². The van der Waals surface area contributed by atoms with E-state index in [1.807, 2.05) is 22.9 Å². The molecule has 0 aliphatic carbocycles. The van der Waals surface area contributed by atoms with Gasteiger partial charge in [0.15, 0.2) is 0 Å². The van der Waals surface area contributed by atoms with Crippen LogP contribution in [0.1, 0.15) is 51.2 Å². The number of amides is 2. The summed E-state index contributed by atoms with van der Waals surface area (Å²) in [4.78, 5) is 33.4. The Hall–Kier alpha value is -1.89. The Balaban J connectivity index is 1.63. The van der Waals surface area contributed by atoms with Gasteiger partial charge in [-0.15, -0.1) is 0 Å². The minimum atomic E-state index is -0.0457. The topological polar surface area (TPSA) is 67.7 Å². The van der Waals surface area contributed by atoms with Crippen molar-refractivity contribution < 1.29 is 14.3 Å². The predicted octanol–water partition coefficient (Wildman–Crippen LogP) is 1.62. The molecule has 3 rings (SSSR count). The summed E-state index contributed by atoms with van der Waals surface area (Å²) < 4.78 is 7.39. The number of nitrogens with zero attached hydrogens (tertiary/aromatic N) is 4. The first-order valence-electron chi connectivity index (χ1n) is 9.66. The van der Waals surface area contributed by atoms with Crippen molar-refractivity contribution in [2.45, 2.75) is 52.6 Å². The summed E-state index contributed by atoms with van der Waals surface area (Å²) in [6.07, 6.45) is 3.79. The Bertz CT molecular complexity index is 649. The largest absolute Gasteiger partial charge is 0.378 e. The Labute approximate surface area is 155 Å². The molecule has 144 valence electrons. The van der Waals surface area contributed by atoms with Gasteiger partial charge in [-0.1, -0.05) is 13.8 Å². The molecule has 7 nitrogen and oxygen atoms in total. The third-order valence-electron chi connectivity index (χ3n) is 5.23. The minimum absolute atomic E-state index is 0.0457. The molecular formula is C19H30N4O3. The highest BCUT2D eigenvalue weighted by Crippen LogP contribution is 2.26.